The first-order valence-electron chi connectivity index (χ1n) is 14.9. The first-order valence-corrected chi connectivity index (χ1v) is 15.3. The van der Waals surface area contributed by atoms with E-state index in [0.29, 0.717) is 17.7 Å². The van der Waals surface area contributed by atoms with Gasteiger partial charge in [-0.1, -0.05) is 34.6 Å². The number of carbonyl (C=O) groups excluding carboxylic acids is 4. The molecule has 44 heavy (non-hydrogen) atoms. The second kappa shape index (κ2) is 12.2. The fraction of sp³-hybridized carbons (Fsp3) is 0.733. The molecule has 0 aromatic heterocycles. The molecule has 2 aliphatic carbocycles. The Morgan fingerprint density at radius 2 is 1.86 bits per heavy atom. The van der Waals surface area contributed by atoms with Crippen LogP contribution in [-0.4, -0.2) is 81.8 Å². The molecule has 4 fully saturated rings. The van der Waals surface area contributed by atoms with E-state index >= 15 is 0 Å². The van der Waals surface area contributed by atoms with E-state index in [2.05, 4.69) is 21.5 Å². The van der Waals surface area contributed by atoms with Gasteiger partial charge in [0.2, 0.25) is 22.8 Å². The lowest BCUT2D eigenvalue weighted by Crippen LogP contribution is -2.54. The molecule has 0 aromatic carbocycles. The summed E-state index contributed by atoms with van der Waals surface area (Å²) in [6.45, 7) is 9.64. The van der Waals surface area contributed by atoms with Crippen LogP contribution in [0.2, 0.25) is 0 Å². The second-order valence-corrected chi connectivity index (χ2v) is 14.3. The third kappa shape index (κ3) is 6.84. The molecule has 10 nitrogen and oxygen atoms in total. The molecule has 4 aliphatic rings. The summed E-state index contributed by atoms with van der Waals surface area (Å²) in [4.78, 5) is 57.7. The molecule has 14 heteroatoms. The Morgan fingerprint density at radius 3 is 2.41 bits per heavy atom. The third-order valence-corrected chi connectivity index (χ3v) is 9.81. The number of halogens is 3. The Balaban J connectivity index is 1.47. The lowest BCUT2D eigenvalue weighted by Gasteiger charge is -2.36. The van der Waals surface area contributed by atoms with Gasteiger partial charge >= 0.3 is 12.1 Å². The van der Waals surface area contributed by atoms with Gasteiger partial charge in [0, 0.05) is 25.0 Å². The van der Waals surface area contributed by atoms with Crippen molar-refractivity contribution in [2.75, 3.05) is 13.1 Å². The van der Waals surface area contributed by atoms with Gasteiger partial charge in [-0.05, 0) is 78.9 Å². The van der Waals surface area contributed by atoms with Crippen molar-refractivity contribution in [3.63, 3.8) is 0 Å². The molecule has 0 aromatic rings. The normalized spacial score (nSPS) is 27.2. The van der Waals surface area contributed by atoms with Crippen LogP contribution in [0.3, 0.4) is 0 Å². The molecule has 0 bridgehead atoms. The zero-order chi connectivity index (χ0) is 32.8. The molecule has 240 valence electrons. The number of nitrogens with zero attached hydrogens (tertiary/aromatic N) is 4. The van der Waals surface area contributed by atoms with E-state index in [1.165, 1.54) is 4.90 Å². The van der Waals surface area contributed by atoms with Crippen molar-refractivity contribution in [1.82, 2.24) is 20.4 Å². The van der Waals surface area contributed by atoms with E-state index in [0.717, 1.165) is 19.3 Å². The molecule has 2 saturated carbocycles. The highest BCUT2D eigenvalue weighted by atomic mass is 32.1. The number of fused-ring (bicyclic) bond motifs is 1. The molecule has 0 spiro atoms. The lowest BCUT2D eigenvalue weighted by molar-refractivity contribution is -0.186. The maximum Gasteiger partial charge on any atom is 0.471 e. The van der Waals surface area contributed by atoms with Crippen molar-refractivity contribution < 1.29 is 32.3 Å². The largest absolute Gasteiger partial charge is 0.471 e. The molecule has 6 atom stereocenters. The first kappa shape index (κ1) is 33.6. The summed E-state index contributed by atoms with van der Waals surface area (Å²) in [5.41, 5.74) is -0.765. The monoisotopic (exact) mass is 636 g/mol. The van der Waals surface area contributed by atoms with Crippen molar-refractivity contribution in [3.05, 3.63) is 6.08 Å². The minimum Gasteiger partial charge on any atom is -0.358 e. The number of thiocarbonyl (C=S) groups is 1. The Bertz CT molecular complexity index is 1320. The summed E-state index contributed by atoms with van der Waals surface area (Å²) in [5, 5.41) is 15.8. The van der Waals surface area contributed by atoms with Crippen LogP contribution < -0.4 is 10.6 Å². The van der Waals surface area contributed by atoms with Crippen LogP contribution in [0.5, 0.6) is 0 Å². The van der Waals surface area contributed by atoms with Gasteiger partial charge in [-0.3, -0.25) is 24.1 Å². The van der Waals surface area contributed by atoms with E-state index in [4.69, 9.17) is 12.2 Å². The van der Waals surface area contributed by atoms with Crippen molar-refractivity contribution in [3.8, 4) is 6.07 Å². The average Bonchev–Trinajstić information content (AvgIpc) is 3.21. The van der Waals surface area contributed by atoms with E-state index < -0.39 is 59.8 Å². The highest BCUT2D eigenvalue weighted by molar-refractivity contribution is 7.80. The van der Waals surface area contributed by atoms with Gasteiger partial charge in [0.25, 0.3) is 0 Å². The average molecular weight is 637 g/mol. The predicted octanol–water partition coefficient (Wildman–Crippen LogP) is 3.12. The number of likely N-dealkylation sites (tertiary alicyclic amines) is 2. The van der Waals surface area contributed by atoms with E-state index in [-0.39, 0.29) is 40.9 Å². The molecule has 2 aliphatic heterocycles. The van der Waals surface area contributed by atoms with Crippen molar-refractivity contribution in [2.24, 2.45) is 39.5 Å². The van der Waals surface area contributed by atoms with E-state index in [9.17, 15) is 37.6 Å². The van der Waals surface area contributed by atoms with Gasteiger partial charge in [-0.15, -0.1) is 0 Å². The highest BCUT2D eigenvalue weighted by Crippen LogP contribution is 2.65. The zero-order valence-corrected chi connectivity index (χ0v) is 26.3. The van der Waals surface area contributed by atoms with Gasteiger partial charge in [-0.2, -0.15) is 23.4 Å². The zero-order valence-electron chi connectivity index (χ0n) is 25.5. The maximum absolute atomic E-state index is 14.0. The molecule has 2 saturated heterocycles. The van der Waals surface area contributed by atoms with Crippen LogP contribution >= 0.6 is 12.2 Å². The van der Waals surface area contributed by atoms with Crippen LogP contribution in [0.1, 0.15) is 66.7 Å². The summed E-state index contributed by atoms with van der Waals surface area (Å²) in [6.07, 6.45) is -0.734. The maximum atomic E-state index is 14.0. The van der Waals surface area contributed by atoms with Gasteiger partial charge in [0.05, 0.1) is 12.0 Å². The van der Waals surface area contributed by atoms with Crippen molar-refractivity contribution in [2.45, 2.75) is 91.0 Å². The third-order valence-electron chi connectivity index (χ3n) is 9.60. The number of piperidine rings is 1. The fourth-order valence-corrected chi connectivity index (χ4v) is 6.83. The van der Waals surface area contributed by atoms with Gasteiger partial charge < -0.3 is 15.5 Å². The van der Waals surface area contributed by atoms with Crippen LogP contribution in [0.15, 0.2) is 11.1 Å². The number of hydrogen-bond donors (Lipinski definition) is 2. The van der Waals surface area contributed by atoms with Crippen LogP contribution in [0, 0.1) is 45.8 Å². The predicted molar refractivity (Wildman–Crippen MR) is 158 cm³/mol. The molecule has 4 rings (SSSR count). The van der Waals surface area contributed by atoms with E-state index in [1.54, 1.807) is 6.08 Å². The summed E-state index contributed by atoms with van der Waals surface area (Å²) < 4.78 is 38.6. The second-order valence-electron chi connectivity index (χ2n) is 13.9. The molecule has 4 amide bonds. The minimum absolute atomic E-state index is 0.0543. The molecule has 2 unspecified atom stereocenters. The van der Waals surface area contributed by atoms with Gasteiger partial charge in [0.15, 0.2) is 0 Å². The van der Waals surface area contributed by atoms with Gasteiger partial charge in [-0.25, -0.2) is 0 Å². The smallest absolute Gasteiger partial charge is 0.358 e. The summed E-state index contributed by atoms with van der Waals surface area (Å²) >= 11 is 5.27. The number of alkyl halides is 3. The van der Waals surface area contributed by atoms with Crippen molar-refractivity contribution >= 4 is 46.8 Å². The van der Waals surface area contributed by atoms with Crippen LogP contribution in [0.4, 0.5) is 13.2 Å². The summed E-state index contributed by atoms with van der Waals surface area (Å²) in [7, 11) is 0. The van der Waals surface area contributed by atoms with Gasteiger partial charge in [0.1, 0.15) is 12.1 Å². The van der Waals surface area contributed by atoms with Crippen LogP contribution in [-0.2, 0) is 19.2 Å². The molecular weight excluding hydrogens is 597 g/mol. The Morgan fingerprint density at radius 1 is 1.20 bits per heavy atom. The topological polar surface area (TPSA) is 135 Å². The Labute approximate surface area is 260 Å². The quantitative estimate of drug-likeness (QED) is 0.324. The lowest BCUT2D eigenvalue weighted by atomic mass is 9.79. The number of amides is 4. The Hall–Kier alpha value is -3.30. The Kier molecular flexibility index (Phi) is 9.34. The first-order chi connectivity index (χ1) is 20.4. The highest BCUT2D eigenvalue weighted by Gasteiger charge is 2.69. The number of carbonyl (C=O) groups is 4. The molecule has 2 N–H and O–H groups in total. The number of nitriles is 1. The minimum atomic E-state index is -5.19. The number of imide groups is 1. The number of hydrogen-bond acceptors (Lipinski definition) is 6. The molecule has 2 heterocycles. The molecule has 0 radical (unpaired) electrons. The summed E-state index contributed by atoms with van der Waals surface area (Å²) in [5.74, 6) is -3.11. The van der Waals surface area contributed by atoms with Crippen molar-refractivity contribution in [1.29, 1.82) is 5.26 Å². The number of nitrogens with one attached hydrogen (secondary N) is 2. The van der Waals surface area contributed by atoms with Crippen LogP contribution in [0.25, 0.3) is 0 Å². The number of aliphatic imine (C=N–C) groups is 1. The molecular formula is C30H39F3N6O4S. The van der Waals surface area contributed by atoms with E-state index in [1.807, 2.05) is 40.7 Å². The fourth-order valence-electron chi connectivity index (χ4n) is 6.61. The standard InChI is InChI=1S/C30H39F3N6O4S/c1-28(2,3)19(9-11-35-27(44)37-17-7-6-8-17)25(42)39-15-20-21(29(20,4)5)22(39)23(40)36-18(14-34)13-16-10-12-38(24(16)41)26(43)30(31,32)33/h9,16-22H,6-8,10,12-13,15H2,1-5H3,(H,36,40)(H,37,44)/t16-,18-,19?,20-,21?,22-/m0/s1. The number of rotatable bonds is 7. The SMILES string of the molecule is CC(C)(C)C(C=C=NC(=S)NC1CCC1)C(=O)N1C[C@H]2C([C@H]1C(=O)N[C@H](C#N)C[C@@H]1CCN(C(=O)C(F)(F)F)C1=O)C2(C)C. The summed E-state index contributed by atoms with van der Waals surface area (Å²) in [6, 6.07) is 0.141.